The fourth-order valence-electron chi connectivity index (χ4n) is 1.80. The molecule has 0 aliphatic carbocycles. The molecular formula is C15H15NO4S. The Hall–Kier alpha value is -2.34. The molecule has 0 heterocycles. The molecule has 2 aromatic carbocycles. The van der Waals surface area contributed by atoms with E-state index in [1.165, 1.54) is 12.1 Å². The molecule has 2 rings (SSSR count). The van der Waals surface area contributed by atoms with Crippen LogP contribution in [0.2, 0.25) is 0 Å². The van der Waals surface area contributed by atoms with Crippen LogP contribution >= 0.6 is 0 Å². The van der Waals surface area contributed by atoms with Gasteiger partial charge in [-0.3, -0.25) is 9.52 Å². The Labute approximate surface area is 123 Å². The molecule has 110 valence electrons. The van der Waals surface area contributed by atoms with Crippen LogP contribution in [0.5, 0.6) is 0 Å². The minimum atomic E-state index is -3.63. The van der Waals surface area contributed by atoms with E-state index in [1.54, 1.807) is 36.4 Å². The molecular weight excluding hydrogens is 290 g/mol. The lowest BCUT2D eigenvalue weighted by atomic mass is 10.1. The average molecular weight is 305 g/mol. The zero-order valence-corrected chi connectivity index (χ0v) is 12.2. The van der Waals surface area contributed by atoms with E-state index in [4.69, 9.17) is 5.11 Å². The van der Waals surface area contributed by atoms with Crippen LogP contribution in [0, 0.1) is 6.92 Å². The Kier molecular flexibility index (Phi) is 4.28. The lowest BCUT2D eigenvalue weighted by molar-refractivity contribution is -0.136. The fourth-order valence-corrected chi connectivity index (χ4v) is 2.86. The van der Waals surface area contributed by atoms with Crippen LogP contribution < -0.4 is 4.72 Å². The summed E-state index contributed by atoms with van der Waals surface area (Å²) >= 11 is 0. The Bertz CT molecular complexity index is 734. The van der Waals surface area contributed by atoms with Gasteiger partial charge in [0, 0.05) is 5.69 Å². The number of carboxylic acids is 1. The minimum absolute atomic E-state index is 0.0923. The quantitative estimate of drug-likeness (QED) is 0.888. The van der Waals surface area contributed by atoms with Crippen molar-refractivity contribution in [3.63, 3.8) is 0 Å². The van der Waals surface area contributed by atoms with E-state index in [1.807, 2.05) is 6.92 Å². The van der Waals surface area contributed by atoms with Crippen molar-refractivity contribution in [2.75, 3.05) is 4.72 Å². The molecule has 21 heavy (non-hydrogen) atoms. The van der Waals surface area contributed by atoms with Crippen LogP contribution in [0.4, 0.5) is 5.69 Å². The number of carboxylic acid groups (broad SMARTS) is 1. The molecule has 0 spiro atoms. The Balaban J connectivity index is 2.16. The summed E-state index contributed by atoms with van der Waals surface area (Å²) in [6.45, 7) is 1.88. The van der Waals surface area contributed by atoms with E-state index in [0.717, 1.165) is 5.56 Å². The molecule has 0 aliphatic rings. The second-order valence-electron chi connectivity index (χ2n) is 4.69. The summed E-state index contributed by atoms with van der Waals surface area (Å²) in [5.74, 6) is -0.928. The van der Waals surface area contributed by atoms with Gasteiger partial charge >= 0.3 is 5.97 Å². The van der Waals surface area contributed by atoms with Crippen molar-refractivity contribution < 1.29 is 18.3 Å². The molecule has 5 nitrogen and oxygen atoms in total. The summed E-state index contributed by atoms with van der Waals surface area (Å²) < 4.78 is 26.8. The second kappa shape index (κ2) is 5.97. The number of hydrogen-bond acceptors (Lipinski definition) is 3. The maximum atomic E-state index is 12.2. The second-order valence-corrected chi connectivity index (χ2v) is 6.37. The van der Waals surface area contributed by atoms with Crippen molar-refractivity contribution in [2.45, 2.75) is 18.2 Å². The molecule has 0 radical (unpaired) electrons. The molecule has 0 saturated heterocycles. The highest BCUT2D eigenvalue weighted by molar-refractivity contribution is 7.92. The van der Waals surface area contributed by atoms with Gasteiger partial charge in [-0.15, -0.1) is 0 Å². The zero-order chi connectivity index (χ0) is 15.5. The van der Waals surface area contributed by atoms with Crippen LogP contribution in [-0.2, 0) is 21.2 Å². The summed E-state index contributed by atoms with van der Waals surface area (Å²) in [5, 5.41) is 8.68. The normalized spacial score (nSPS) is 11.1. The topological polar surface area (TPSA) is 83.5 Å². The molecule has 0 bridgehead atoms. The Morgan fingerprint density at radius 2 is 1.62 bits per heavy atom. The number of hydrogen-bond donors (Lipinski definition) is 2. The van der Waals surface area contributed by atoms with Gasteiger partial charge in [-0.2, -0.15) is 0 Å². The maximum Gasteiger partial charge on any atom is 0.307 e. The van der Waals surface area contributed by atoms with Gasteiger partial charge in [-0.1, -0.05) is 29.8 Å². The summed E-state index contributed by atoms with van der Waals surface area (Å²) in [6, 6.07) is 12.8. The third-order valence-electron chi connectivity index (χ3n) is 2.89. The Morgan fingerprint density at radius 3 is 2.14 bits per heavy atom. The molecule has 0 atom stereocenters. The maximum absolute atomic E-state index is 12.2. The van der Waals surface area contributed by atoms with E-state index in [9.17, 15) is 13.2 Å². The van der Waals surface area contributed by atoms with Crippen LogP contribution in [0.25, 0.3) is 0 Å². The molecule has 2 aromatic rings. The lowest BCUT2D eigenvalue weighted by Crippen LogP contribution is -2.13. The molecule has 0 unspecified atom stereocenters. The van der Waals surface area contributed by atoms with Crippen LogP contribution in [-0.4, -0.2) is 19.5 Å². The first kappa shape index (κ1) is 15.1. The van der Waals surface area contributed by atoms with E-state index >= 15 is 0 Å². The molecule has 6 heteroatoms. The number of sulfonamides is 1. The molecule has 0 amide bonds. The van der Waals surface area contributed by atoms with Gasteiger partial charge in [0.15, 0.2) is 0 Å². The van der Waals surface area contributed by atoms with Gasteiger partial charge in [0.1, 0.15) is 0 Å². The van der Waals surface area contributed by atoms with Crippen LogP contribution in [0.1, 0.15) is 11.1 Å². The van der Waals surface area contributed by atoms with Gasteiger partial charge in [0.05, 0.1) is 11.3 Å². The number of carbonyl (C=O) groups is 1. The summed E-state index contributed by atoms with van der Waals surface area (Å²) in [7, 11) is -3.63. The molecule has 0 aromatic heterocycles. The number of nitrogens with one attached hydrogen (secondary N) is 1. The largest absolute Gasteiger partial charge is 0.481 e. The van der Waals surface area contributed by atoms with Crippen LogP contribution in [0.15, 0.2) is 53.4 Å². The fraction of sp³-hybridized carbons (Fsp3) is 0.133. The van der Waals surface area contributed by atoms with Gasteiger partial charge < -0.3 is 5.11 Å². The summed E-state index contributed by atoms with van der Waals surface area (Å²) in [6.07, 6.45) is -0.0923. The Morgan fingerprint density at radius 1 is 1.05 bits per heavy atom. The van der Waals surface area contributed by atoms with Gasteiger partial charge in [-0.05, 0) is 36.8 Å². The smallest absolute Gasteiger partial charge is 0.307 e. The lowest BCUT2D eigenvalue weighted by Gasteiger charge is -2.09. The van der Waals surface area contributed by atoms with Crippen LogP contribution in [0.3, 0.4) is 0 Å². The molecule has 0 aliphatic heterocycles. The van der Waals surface area contributed by atoms with E-state index in [2.05, 4.69) is 4.72 Å². The van der Waals surface area contributed by atoms with E-state index in [-0.39, 0.29) is 11.3 Å². The summed E-state index contributed by atoms with van der Waals surface area (Å²) in [5.41, 5.74) is 1.98. The number of rotatable bonds is 5. The minimum Gasteiger partial charge on any atom is -0.481 e. The molecule has 0 saturated carbocycles. The third kappa shape index (κ3) is 4.06. The number of anilines is 1. The highest BCUT2D eigenvalue weighted by Crippen LogP contribution is 2.17. The van der Waals surface area contributed by atoms with Crippen molar-refractivity contribution in [3.8, 4) is 0 Å². The van der Waals surface area contributed by atoms with Crippen molar-refractivity contribution in [3.05, 3.63) is 59.7 Å². The van der Waals surface area contributed by atoms with Gasteiger partial charge in [0.2, 0.25) is 0 Å². The third-order valence-corrected chi connectivity index (χ3v) is 4.29. The van der Waals surface area contributed by atoms with Crippen molar-refractivity contribution in [2.24, 2.45) is 0 Å². The monoisotopic (exact) mass is 305 g/mol. The first-order valence-electron chi connectivity index (χ1n) is 6.27. The molecule has 0 fully saturated rings. The highest BCUT2D eigenvalue weighted by Gasteiger charge is 2.13. The van der Waals surface area contributed by atoms with Crippen molar-refractivity contribution in [1.29, 1.82) is 0 Å². The van der Waals surface area contributed by atoms with Gasteiger partial charge in [-0.25, -0.2) is 8.42 Å². The number of benzene rings is 2. The average Bonchev–Trinajstić information content (AvgIpc) is 2.40. The van der Waals surface area contributed by atoms with Gasteiger partial charge in [0.25, 0.3) is 10.0 Å². The first-order valence-corrected chi connectivity index (χ1v) is 7.75. The SMILES string of the molecule is Cc1ccc(S(=O)(=O)Nc2ccc(CC(=O)O)cc2)cc1. The number of aliphatic carboxylic acids is 1. The van der Waals surface area contributed by atoms with E-state index < -0.39 is 16.0 Å². The summed E-state index contributed by atoms with van der Waals surface area (Å²) in [4.78, 5) is 10.8. The highest BCUT2D eigenvalue weighted by atomic mass is 32.2. The first-order chi connectivity index (χ1) is 9.87. The zero-order valence-electron chi connectivity index (χ0n) is 11.4. The standard InChI is InChI=1S/C15H15NO4S/c1-11-2-8-14(9-3-11)21(19,20)16-13-6-4-12(5-7-13)10-15(17)18/h2-9,16H,10H2,1H3,(H,17,18). The predicted molar refractivity (Wildman–Crippen MR) is 79.8 cm³/mol. The predicted octanol–water partition coefficient (Wildman–Crippen LogP) is 2.42. The number of aryl methyl sites for hydroxylation is 1. The van der Waals surface area contributed by atoms with Crippen molar-refractivity contribution >= 4 is 21.7 Å². The van der Waals surface area contributed by atoms with E-state index in [0.29, 0.717) is 11.3 Å². The molecule has 2 N–H and O–H groups in total. The van der Waals surface area contributed by atoms with Crippen molar-refractivity contribution in [1.82, 2.24) is 0 Å².